The van der Waals surface area contributed by atoms with Gasteiger partial charge in [-0.05, 0) is 53.7 Å². The lowest BCUT2D eigenvalue weighted by Gasteiger charge is -2.17. The van der Waals surface area contributed by atoms with Crippen molar-refractivity contribution in [3.63, 3.8) is 0 Å². The van der Waals surface area contributed by atoms with Crippen molar-refractivity contribution in [3.05, 3.63) is 57.5 Å². The van der Waals surface area contributed by atoms with Crippen LogP contribution in [0.3, 0.4) is 0 Å². The molecule has 1 aliphatic rings. The number of hydrogen-bond acceptors (Lipinski definition) is 5. The summed E-state index contributed by atoms with van der Waals surface area (Å²) in [5.74, 6) is -3.18. The molecule has 2 aromatic carbocycles. The number of rotatable bonds is 4. The van der Waals surface area contributed by atoms with Gasteiger partial charge in [-0.1, -0.05) is 17.7 Å². The smallest absolute Gasteiger partial charge is 0.453 e. The van der Waals surface area contributed by atoms with Gasteiger partial charge >= 0.3 is 12.5 Å². The Morgan fingerprint density at radius 2 is 1.61 bits per heavy atom. The zero-order chi connectivity index (χ0) is 23.0. The van der Waals surface area contributed by atoms with Crippen molar-refractivity contribution >= 4 is 40.6 Å². The fourth-order valence-corrected chi connectivity index (χ4v) is 3.26. The molecule has 0 bridgehead atoms. The minimum atomic E-state index is -5.19. The molecule has 0 saturated carbocycles. The summed E-state index contributed by atoms with van der Waals surface area (Å²) in [7, 11) is 0. The van der Waals surface area contributed by atoms with E-state index < -0.39 is 46.5 Å². The van der Waals surface area contributed by atoms with Crippen LogP contribution >= 0.6 is 23.4 Å². The Balaban J connectivity index is 2.02. The van der Waals surface area contributed by atoms with E-state index in [2.05, 4.69) is 4.74 Å². The Bertz CT molecular complexity index is 1080. The molecule has 0 spiro atoms. The molecule has 31 heavy (non-hydrogen) atoms. The Morgan fingerprint density at radius 3 is 2.19 bits per heavy atom. The van der Waals surface area contributed by atoms with E-state index in [4.69, 9.17) is 16.3 Å². The summed E-state index contributed by atoms with van der Waals surface area (Å²) >= 11 is 6.10. The van der Waals surface area contributed by atoms with Gasteiger partial charge < -0.3 is 9.47 Å². The molecular weight excluding hydrogens is 476 g/mol. The van der Waals surface area contributed by atoms with E-state index in [0.29, 0.717) is 17.8 Å². The Labute approximate surface area is 179 Å². The molecule has 0 radical (unpaired) electrons. The second-order valence-electron chi connectivity index (χ2n) is 5.85. The summed E-state index contributed by atoms with van der Waals surface area (Å²) in [5.41, 5.74) is -1.30. The molecule has 3 rings (SSSR count). The first kappa shape index (κ1) is 22.8. The highest BCUT2D eigenvalue weighted by Gasteiger charge is 2.36. The average molecular weight is 484 g/mol. The maximum atomic E-state index is 13.2. The molecule has 0 unspecified atom stereocenters. The first-order valence-corrected chi connectivity index (χ1v) is 9.20. The van der Waals surface area contributed by atoms with Gasteiger partial charge in [-0.25, -0.2) is 0 Å². The number of halogens is 7. The van der Waals surface area contributed by atoms with Crippen LogP contribution in [-0.4, -0.2) is 17.5 Å². The van der Waals surface area contributed by atoms with Crippen LogP contribution in [0.4, 0.5) is 31.1 Å². The number of nitrogens with one attached hydrogen (secondary N) is 1. The van der Waals surface area contributed by atoms with Gasteiger partial charge in [0.15, 0.2) is 11.5 Å². The summed E-state index contributed by atoms with van der Waals surface area (Å²) < 4.78 is 87.1. The number of benzene rings is 2. The van der Waals surface area contributed by atoms with Crippen LogP contribution in [0.25, 0.3) is 6.08 Å². The van der Waals surface area contributed by atoms with Crippen LogP contribution in [0.2, 0.25) is 5.02 Å². The van der Waals surface area contributed by atoms with E-state index >= 15 is 0 Å². The predicted octanol–water partition coefficient (Wildman–Crippen LogP) is 6.37. The Morgan fingerprint density at radius 1 is 0.935 bits per heavy atom. The van der Waals surface area contributed by atoms with E-state index in [-0.39, 0.29) is 15.5 Å². The number of imide groups is 1. The third kappa shape index (κ3) is 5.85. The highest BCUT2D eigenvalue weighted by Crippen LogP contribution is 2.43. The summed E-state index contributed by atoms with van der Waals surface area (Å²) in [6, 6.07) is 5.39. The van der Waals surface area contributed by atoms with Gasteiger partial charge in [-0.3, -0.25) is 14.9 Å². The van der Waals surface area contributed by atoms with Crippen molar-refractivity contribution in [3.8, 4) is 17.2 Å². The lowest BCUT2D eigenvalue weighted by Crippen LogP contribution is -2.18. The Kier molecular flexibility index (Phi) is 6.14. The van der Waals surface area contributed by atoms with E-state index in [1.807, 2.05) is 5.32 Å². The van der Waals surface area contributed by atoms with E-state index in [9.17, 15) is 35.9 Å². The van der Waals surface area contributed by atoms with Crippen molar-refractivity contribution in [2.24, 2.45) is 0 Å². The van der Waals surface area contributed by atoms with Gasteiger partial charge in [0.2, 0.25) is 0 Å². The van der Waals surface area contributed by atoms with Crippen LogP contribution in [0.5, 0.6) is 17.2 Å². The summed E-state index contributed by atoms with van der Waals surface area (Å²) in [6.07, 6.45) is -8.97. The molecule has 1 heterocycles. The molecule has 2 aromatic rings. The van der Waals surface area contributed by atoms with Crippen LogP contribution in [-0.2, 0) is 11.0 Å². The van der Waals surface area contributed by atoms with Crippen molar-refractivity contribution in [2.75, 3.05) is 0 Å². The van der Waals surface area contributed by atoms with Crippen molar-refractivity contribution < 1.29 is 45.4 Å². The zero-order valence-electron chi connectivity index (χ0n) is 14.7. The van der Waals surface area contributed by atoms with E-state index in [1.165, 1.54) is 6.07 Å². The number of amides is 2. The van der Waals surface area contributed by atoms with Crippen molar-refractivity contribution in [2.45, 2.75) is 12.5 Å². The van der Waals surface area contributed by atoms with Crippen LogP contribution in [0.15, 0.2) is 41.3 Å². The summed E-state index contributed by atoms with van der Waals surface area (Å²) in [5, 5.41) is 1.06. The van der Waals surface area contributed by atoms with Gasteiger partial charge in [0.25, 0.3) is 11.1 Å². The molecule has 2 amide bonds. The van der Waals surface area contributed by atoms with Gasteiger partial charge in [0.1, 0.15) is 5.75 Å². The number of alkyl halides is 6. The van der Waals surface area contributed by atoms with Gasteiger partial charge in [-0.15, -0.1) is 13.2 Å². The SMILES string of the molecule is O=C1NC(=O)C(=Cc2ccc(Oc3ccc(Cl)cc3C(F)(F)F)c(OC(F)(F)F)c2)S1. The Hall–Kier alpha value is -2.86. The molecule has 0 aliphatic carbocycles. The standard InChI is InChI=1S/C18H8ClF6NO4S/c19-9-2-4-11(10(7-9)17(20,21)22)29-12-3-1-8(5-13(12)30-18(23,24)25)6-14-15(27)26-16(28)31-14/h1-7H,(H,26,27,28). The van der Waals surface area contributed by atoms with E-state index in [0.717, 1.165) is 30.3 Å². The molecule has 1 saturated heterocycles. The monoisotopic (exact) mass is 483 g/mol. The predicted molar refractivity (Wildman–Crippen MR) is 98.8 cm³/mol. The minimum absolute atomic E-state index is 0.00565. The first-order valence-electron chi connectivity index (χ1n) is 8.01. The van der Waals surface area contributed by atoms with Crippen molar-refractivity contribution in [1.82, 2.24) is 5.32 Å². The molecule has 164 valence electrons. The fourth-order valence-electron chi connectivity index (χ4n) is 2.41. The molecule has 0 atom stereocenters. The number of carbonyl (C=O) groups is 2. The highest BCUT2D eigenvalue weighted by molar-refractivity contribution is 8.18. The molecule has 0 aromatic heterocycles. The normalized spacial score (nSPS) is 15.9. The first-order chi connectivity index (χ1) is 14.3. The lowest BCUT2D eigenvalue weighted by atomic mass is 10.1. The van der Waals surface area contributed by atoms with E-state index in [1.54, 1.807) is 0 Å². The molecule has 1 aliphatic heterocycles. The maximum Gasteiger partial charge on any atom is 0.573 e. The number of ether oxygens (including phenoxy) is 2. The molecule has 5 nitrogen and oxygen atoms in total. The molecule has 1 fully saturated rings. The molecule has 1 N–H and O–H groups in total. The molecule has 13 heteroatoms. The topological polar surface area (TPSA) is 64.6 Å². The molecular formula is C18H8ClF6NO4S. The average Bonchev–Trinajstić information content (AvgIpc) is 2.93. The van der Waals surface area contributed by atoms with Crippen molar-refractivity contribution in [1.29, 1.82) is 0 Å². The number of thioether (sulfide) groups is 1. The minimum Gasteiger partial charge on any atom is -0.453 e. The second-order valence-corrected chi connectivity index (χ2v) is 7.30. The number of hydrogen-bond donors (Lipinski definition) is 1. The third-order valence-electron chi connectivity index (χ3n) is 3.60. The van der Waals surface area contributed by atoms with Gasteiger partial charge in [0, 0.05) is 5.02 Å². The third-order valence-corrected chi connectivity index (χ3v) is 4.65. The lowest BCUT2D eigenvalue weighted by molar-refractivity contribution is -0.275. The van der Waals surface area contributed by atoms with Gasteiger partial charge in [-0.2, -0.15) is 13.2 Å². The largest absolute Gasteiger partial charge is 0.573 e. The maximum absolute atomic E-state index is 13.2. The highest BCUT2D eigenvalue weighted by atomic mass is 35.5. The summed E-state index contributed by atoms with van der Waals surface area (Å²) in [6.45, 7) is 0. The quantitative estimate of drug-likeness (QED) is 0.404. The van der Waals surface area contributed by atoms with Crippen LogP contribution < -0.4 is 14.8 Å². The van der Waals surface area contributed by atoms with Crippen LogP contribution in [0.1, 0.15) is 11.1 Å². The van der Waals surface area contributed by atoms with Gasteiger partial charge in [0.05, 0.1) is 10.5 Å². The van der Waals surface area contributed by atoms with Crippen LogP contribution in [0, 0.1) is 0 Å². The zero-order valence-corrected chi connectivity index (χ0v) is 16.3. The fraction of sp³-hybridized carbons (Fsp3) is 0.111. The second kappa shape index (κ2) is 8.35. The summed E-state index contributed by atoms with van der Waals surface area (Å²) in [4.78, 5) is 22.7. The number of carbonyl (C=O) groups excluding carboxylic acids is 2.